The van der Waals surface area contributed by atoms with Crippen molar-refractivity contribution < 1.29 is 22.7 Å². The molecule has 1 saturated heterocycles. The zero-order valence-electron chi connectivity index (χ0n) is 17.5. The van der Waals surface area contributed by atoms with E-state index in [1.165, 1.54) is 6.07 Å². The summed E-state index contributed by atoms with van der Waals surface area (Å²) in [7, 11) is 0. The molecule has 0 spiro atoms. The molecule has 0 bridgehead atoms. The predicted molar refractivity (Wildman–Crippen MR) is 119 cm³/mol. The van der Waals surface area contributed by atoms with Crippen molar-refractivity contribution in [2.45, 2.75) is 24.7 Å². The third-order valence-electron chi connectivity index (χ3n) is 6.52. The predicted octanol–water partition coefficient (Wildman–Crippen LogP) is 4.28. The van der Waals surface area contributed by atoms with Gasteiger partial charge in [-0.05, 0) is 35.4 Å². The molecule has 2 aromatic heterocycles. The van der Waals surface area contributed by atoms with E-state index in [4.69, 9.17) is 22.1 Å². The molecule has 3 heterocycles. The van der Waals surface area contributed by atoms with Crippen LogP contribution in [-0.4, -0.2) is 44.4 Å². The number of halogens is 4. The number of hydrogen-bond acceptors (Lipinski definition) is 5. The summed E-state index contributed by atoms with van der Waals surface area (Å²) in [6.07, 6.45) is -1.40. The van der Waals surface area contributed by atoms with Crippen LogP contribution in [0.2, 0.25) is 5.02 Å². The van der Waals surface area contributed by atoms with Gasteiger partial charge in [0, 0.05) is 13.0 Å². The van der Waals surface area contributed by atoms with Crippen LogP contribution in [0.1, 0.15) is 33.1 Å². The Labute approximate surface area is 195 Å². The normalized spacial score (nSPS) is 20.1. The van der Waals surface area contributed by atoms with Gasteiger partial charge in [0.25, 0.3) is 5.91 Å². The van der Waals surface area contributed by atoms with Crippen LogP contribution >= 0.6 is 11.6 Å². The topological polar surface area (TPSA) is 85.8 Å². The number of imidazole rings is 1. The Balaban J connectivity index is 1.43. The molecule has 2 N–H and O–H groups in total. The molecule has 4 aromatic rings. The quantitative estimate of drug-likeness (QED) is 0.433. The molecular weight excluding hydrogens is 471 g/mol. The fourth-order valence-corrected chi connectivity index (χ4v) is 5.22. The summed E-state index contributed by atoms with van der Waals surface area (Å²) in [5.74, 6) is -0.0417. The van der Waals surface area contributed by atoms with Crippen LogP contribution < -0.4 is 5.73 Å². The van der Waals surface area contributed by atoms with Gasteiger partial charge in [0.15, 0.2) is 0 Å². The summed E-state index contributed by atoms with van der Waals surface area (Å²) in [4.78, 5) is 23.8. The van der Waals surface area contributed by atoms with Crippen molar-refractivity contribution in [3.63, 3.8) is 0 Å². The summed E-state index contributed by atoms with van der Waals surface area (Å²) >= 11 is 6.50. The Morgan fingerprint density at radius 2 is 2.03 bits per heavy atom. The maximum absolute atomic E-state index is 13.7. The third-order valence-corrected chi connectivity index (χ3v) is 6.83. The van der Waals surface area contributed by atoms with Crippen molar-refractivity contribution in [2.75, 3.05) is 18.9 Å². The Morgan fingerprint density at radius 1 is 1.21 bits per heavy atom. The molecule has 2 unspecified atom stereocenters. The number of anilines is 1. The monoisotopic (exact) mass is 487 g/mol. The number of alkyl halides is 3. The molecule has 1 amide bonds. The first kappa shape index (κ1) is 21.2. The standard InChI is InChI=1S/C23H17ClF3N5O2/c24-15-8-16-17(32-10-29-9-18(32)21(28)30-16)7-14(15)22(33)31-3-4-34-19-6-11-5-12(23(25,26)27)1-2-13(11)20(19)31/h1-2,5,7-10,19-20H,3-4,6H2,(H2,28,30). The molecule has 6 rings (SSSR count). The minimum absolute atomic E-state index is 0.206. The van der Waals surface area contributed by atoms with Gasteiger partial charge in [-0.15, -0.1) is 0 Å². The van der Waals surface area contributed by atoms with Gasteiger partial charge < -0.3 is 15.4 Å². The highest BCUT2D eigenvalue weighted by Gasteiger charge is 2.44. The van der Waals surface area contributed by atoms with Crippen LogP contribution in [0.5, 0.6) is 0 Å². The van der Waals surface area contributed by atoms with E-state index in [0.29, 0.717) is 34.1 Å². The van der Waals surface area contributed by atoms with Gasteiger partial charge in [-0.3, -0.25) is 9.20 Å². The number of fused-ring (bicyclic) bond motifs is 6. The zero-order chi connectivity index (χ0) is 23.8. The van der Waals surface area contributed by atoms with E-state index in [0.717, 1.165) is 12.1 Å². The largest absolute Gasteiger partial charge is 0.416 e. The van der Waals surface area contributed by atoms with Gasteiger partial charge in [0.05, 0.1) is 58.5 Å². The number of carbonyl (C=O) groups excluding carboxylic acids is 1. The van der Waals surface area contributed by atoms with Crippen LogP contribution in [0.25, 0.3) is 16.6 Å². The number of nitrogens with two attached hydrogens (primary N) is 1. The number of nitrogen functional groups attached to an aromatic ring is 1. The summed E-state index contributed by atoms with van der Waals surface area (Å²) in [5, 5.41) is 0.206. The van der Waals surface area contributed by atoms with Crippen molar-refractivity contribution in [1.29, 1.82) is 0 Å². The Hall–Kier alpha value is -3.37. The lowest BCUT2D eigenvalue weighted by Crippen LogP contribution is -2.46. The van der Waals surface area contributed by atoms with Gasteiger partial charge in [0.2, 0.25) is 0 Å². The first-order valence-corrected chi connectivity index (χ1v) is 10.9. The second-order valence-electron chi connectivity index (χ2n) is 8.43. The Kier molecular flexibility index (Phi) is 4.56. The number of ether oxygens (including phenoxy) is 1. The van der Waals surface area contributed by atoms with Crippen LogP contribution in [0.3, 0.4) is 0 Å². The number of rotatable bonds is 1. The van der Waals surface area contributed by atoms with Crippen molar-refractivity contribution in [3.05, 3.63) is 70.1 Å². The molecule has 7 nitrogen and oxygen atoms in total. The number of morpholine rings is 1. The molecule has 2 aliphatic rings. The molecule has 34 heavy (non-hydrogen) atoms. The van der Waals surface area contributed by atoms with Crippen LogP contribution in [0.15, 0.2) is 42.9 Å². The third kappa shape index (κ3) is 3.13. The lowest BCUT2D eigenvalue weighted by Gasteiger charge is -2.38. The molecular formula is C23H17ClF3N5O2. The molecule has 11 heteroatoms. The van der Waals surface area contributed by atoms with Crippen molar-refractivity contribution >= 4 is 39.9 Å². The molecule has 1 fully saturated rings. The SMILES string of the molecule is Nc1nc2cc(Cl)c(C(=O)N3CCOC4Cc5cc(C(F)(F)F)ccc5C43)cc2n2cncc12. The molecule has 1 aliphatic heterocycles. The number of nitrogens with zero attached hydrogens (tertiary/aromatic N) is 4. The molecule has 0 radical (unpaired) electrons. The molecule has 2 aromatic carbocycles. The second kappa shape index (κ2) is 7.31. The molecule has 0 saturated carbocycles. The van der Waals surface area contributed by atoms with E-state index in [1.54, 1.807) is 34.0 Å². The van der Waals surface area contributed by atoms with Crippen molar-refractivity contribution in [2.24, 2.45) is 0 Å². The summed E-state index contributed by atoms with van der Waals surface area (Å²) in [6.45, 7) is 0.567. The highest BCUT2D eigenvalue weighted by atomic mass is 35.5. The summed E-state index contributed by atoms with van der Waals surface area (Å²) < 4.78 is 47.2. The van der Waals surface area contributed by atoms with Gasteiger partial charge in [0.1, 0.15) is 11.3 Å². The van der Waals surface area contributed by atoms with Crippen LogP contribution in [0, 0.1) is 0 Å². The number of aromatic nitrogens is 3. The van der Waals surface area contributed by atoms with Gasteiger partial charge in [-0.25, -0.2) is 9.97 Å². The van der Waals surface area contributed by atoms with E-state index in [2.05, 4.69) is 9.97 Å². The van der Waals surface area contributed by atoms with Crippen molar-refractivity contribution in [3.8, 4) is 0 Å². The summed E-state index contributed by atoms with van der Waals surface area (Å²) in [5.41, 5.74) is 8.47. The van der Waals surface area contributed by atoms with E-state index >= 15 is 0 Å². The van der Waals surface area contributed by atoms with E-state index < -0.39 is 23.9 Å². The number of amides is 1. The van der Waals surface area contributed by atoms with E-state index in [9.17, 15) is 18.0 Å². The average Bonchev–Trinajstić information content (AvgIpc) is 3.42. The fraction of sp³-hybridized carbons (Fsp3) is 0.261. The minimum Gasteiger partial charge on any atom is -0.382 e. The fourth-order valence-electron chi connectivity index (χ4n) is 4.98. The summed E-state index contributed by atoms with van der Waals surface area (Å²) in [6, 6.07) is 6.37. The van der Waals surface area contributed by atoms with E-state index in [-0.39, 0.29) is 35.5 Å². The maximum Gasteiger partial charge on any atom is 0.416 e. The van der Waals surface area contributed by atoms with Gasteiger partial charge in [-0.1, -0.05) is 17.7 Å². The zero-order valence-corrected chi connectivity index (χ0v) is 18.3. The highest BCUT2D eigenvalue weighted by Crippen LogP contribution is 2.43. The number of carbonyl (C=O) groups is 1. The van der Waals surface area contributed by atoms with Crippen LogP contribution in [-0.2, 0) is 17.3 Å². The first-order chi connectivity index (χ1) is 16.2. The molecule has 174 valence electrons. The first-order valence-electron chi connectivity index (χ1n) is 10.6. The number of benzene rings is 2. The molecule has 2 atom stereocenters. The van der Waals surface area contributed by atoms with Gasteiger partial charge >= 0.3 is 6.18 Å². The molecule has 1 aliphatic carbocycles. The van der Waals surface area contributed by atoms with Crippen LogP contribution in [0.4, 0.5) is 19.0 Å². The average molecular weight is 488 g/mol. The number of hydrogen-bond donors (Lipinski definition) is 1. The van der Waals surface area contributed by atoms with Gasteiger partial charge in [-0.2, -0.15) is 13.2 Å². The van der Waals surface area contributed by atoms with E-state index in [1.807, 2.05) is 0 Å². The Bertz CT molecular complexity index is 1490. The maximum atomic E-state index is 13.7. The smallest absolute Gasteiger partial charge is 0.382 e. The lowest BCUT2D eigenvalue weighted by atomic mass is 10.0. The second-order valence-corrected chi connectivity index (χ2v) is 8.84. The highest BCUT2D eigenvalue weighted by molar-refractivity contribution is 6.34. The minimum atomic E-state index is -4.44. The van der Waals surface area contributed by atoms with Crippen molar-refractivity contribution in [1.82, 2.24) is 19.3 Å². The Morgan fingerprint density at radius 3 is 2.82 bits per heavy atom. The lowest BCUT2D eigenvalue weighted by molar-refractivity contribution is -0.137.